The van der Waals surface area contributed by atoms with Crippen LogP contribution in [-0.2, 0) is 0 Å². The molecule has 0 radical (unpaired) electrons. The molecule has 3 aromatic rings. The van der Waals surface area contributed by atoms with Gasteiger partial charge >= 0.3 is 0 Å². The number of nitro groups is 1. The van der Waals surface area contributed by atoms with Crippen molar-refractivity contribution >= 4 is 28.7 Å². The Hall–Kier alpha value is -3.70. The number of rotatable bonds is 6. The lowest BCUT2D eigenvalue weighted by Crippen LogP contribution is -1.91. The normalized spacial score (nSPS) is 11.0. The van der Waals surface area contributed by atoms with Crippen LogP contribution in [0.3, 0.4) is 0 Å². The van der Waals surface area contributed by atoms with Gasteiger partial charge in [-0.05, 0) is 18.2 Å². The highest BCUT2D eigenvalue weighted by Crippen LogP contribution is 2.31. The van der Waals surface area contributed by atoms with Crippen LogP contribution in [0.5, 0.6) is 11.5 Å². The second kappa shape index (κ2) is 8.33. The molecular weight excluding hydrogens is 378 g/mol. The first-order chi connectivity index (χ1) is 13.5. The van der Waals surface area contributed by atoms with Gasteiger partial charge in [0.15, 0.2) is 0 Å². The second-order valence-electron chi connectivity index (χ2n) is 5.62. The maximum Gasteiger partial charge on any atom is 0.270 e. The van der Waals surface area contributed by atoms with Crippen LogP contribution in [0, 0.1) is 21.4 Å². The number of aromatic nitrogens is 1. The fourth-order valence-electron chi connectivity index (χ4n) is 2.54. The van der Waals surface area contributed by atoms with Gasteiger partial charge < -0.3 is 9.47 Å². The van der Waals surface area contributed by atoms with Crippen LogP contribution < -0.4 is 9.47 Å². The molecule has 0 aliphatic carbocycles. The Kier molecular flexibility index (Phi) is 5.67. The first kappa shape index (κ1) is 19.1. The number of allylic oxidation sites excluding steroid dienone is 1. The van der Waals surface area contributed by atoms with E-state index in [1.54, 1.807) is 56.0 Å². The fourth-order valence-corrected chi connectivity index (χ4v) is 3.34. The molecule has 0 fully saturated rings. The van der Waals surface area contributed by atoms with Crippen molar-refractivity contribution in [1.29, 1.82) is 5.26 Å². The fraction of sp³-hybridized carbons (Fsp3) is 0.100. The summed E-state index contributed by atoms with van der Waals surface area (Å²) in [5.41, 5.74) is 2.27. The molecule has 140 valence electrons. The van der Waals surface area contributed by atoms with Crippen molar-refractivity contribution in [2.45, 2.75) is 0 Å². The minimum absolute atomic E-state index is 0.00827. The molecule has 7 nitrogen and oxygen atoms in total. The van der Waals surface area contributed by atoms with Crippen LogP contribution in [0.2, 0.25) is 0 Å². The van der Waals surface area contributed by atoms with Crippen LogP contribution in [0.25, 0.3) is 22.9 Å². The summed E-state index contributed by atoms with van der Waals surface area (Å²) >= 11 is 1.29. The molecule has 28 heavy (non-hydrogen) atoms. The molecule has 0 saturated carbocycles. The third-order valence-corrected chi connectivity index (χ3v) is 4.82. The summed E-state index contributed by atoms with van der Waals surface area (Å²) in [7, 11) is 3.11. The molecule has 0 amide bonds. The average molecular weight is 393 g/mol. The van der Waals surface area contributed by atoms with Crippen LogP contribution in [-0.4, -0.2) is 24.1 Å². The van der Waals surface area contributed by atoms with Gasteiger partial charge in [-0.1, -0.05) is 12.1 Å². The Labute approximate surface area is 165 Å². The van der Waals surface area contributed by atoms with Crippen molar-refractivity contribution in [3.63, 3.8) is 0 Å². The van der Waals surface area contributed by atoms with Crippen LogP contribution in [0.15, 0.2) is 47.8 Å². The SMILES string of the molecule is COc1ccc(/C=C(\C#N)c2nc(-c3cccc([N+](=O)[O-])c3)cs2)c(OC)c1. The predicted molar refractivity (Wildman–Crippen MR) is 107 cm³/mol. The molecule has 0 aliphatic rings. The van der Waals surface area contributed by atoms with E-state index >= 15 is 0 Å². The zero-order chi connectivity index (χ0) is 20.1. The van der Waals surface area contributed by atoms with Crippen LogP contribution in [0.1, 0.15) is 10.6 Å². The molecule has 3 rings (SSSR count). The largest absolute Gasteiger partial charge is 0.497 e. The van der Waals surface area contributed by atoms with Crippen molar-refractivity contribution < 1.29 is 14.4 Å². The van der Waals surface area contributed by atoms with Gasteiger partial charge in [-0.2, -0.15) is 5.26 Å². The number of hydrogen-bond donors (Lipinski definition) is 0. The number of thiazole rings is 1. The summed E-state index contributed by atoms with van der Waals surface area (Å²) in [6.45, 7) is 0. The van der Waals surface area contributed by atoms with Gasteiger partial charge in [-0.3, -0.25) is 10.1 Å². The summed E-state index contributed by atoms with van der Waals surface area (Å²) < 4.78 is 10.5. The second-order valence-corrected chi connectivity index (χ2v) is 6.48. The molecule has 0 unspecified atom stereocenters. The Balaban J connectivity index is 1.97. The highest BCUT2D eigenvalue weighted by atomic mass is 32.1. The highest BCUT2D eigenvalue weighted by molar-refractivity contribution is 7.11. The molecule has 0 atom stereocenters. The number of ether oxygens (including phenoxy) is 2. The van der Waals surface area contributed by atoms with Crippen molar-refractivity contribution in [3.8, 4) is 28.8 Å². The molecule has 0 saturated heterocycles. The van der Waals surface area contributed by atoms with Crippen molar-refractivity contribution in [2.24, 2.45) is 0 Å². The van der Waals surface area contributed by atoms with Gasteiger partial charge in [0.2, 0.25) is 0 Å². The number of nitro benzene ring substituents is 1. The van der Waals surface area contributed by atoms with Gasteiger partial charge in [-0.25, -0.2) is 4.98 Å². The Morgan fingerprint density at radius 2 is 2.07 bits per heavy atom. The van der Waals surface area contributed by atoms with Crippen molar-refractivity contribution in [2.75, 3.05) is 14.2 Å². The molecule has 1 aromatic heterocycles. The Morgan fingerprint density at radius 1 is 1.25 bits per heavy atom. The lowest BCUT2D eigenvalue weighted by atomic mass is 10.1. The van der Waals surface area contributed by atoms with E-state index < -0.39 is 4.92 Å². The lowest BCUT2D eigenvalue weighted by molar-refractivity contribution is -0.384. The number of benzene rings is 2. The van der Waals surface area contributed by atoms with Crippen molar-refractivity contribution in [3.05, 3.63) is 68.5 Å². The predicted octanol–water partition coefficient (Wildman–Crippen LogP) is 4.80. The number of non-ortho nitro benzene ring substituents is 1. The van der Waals surface area contributed by atoms with Gasteiger partial charge in [0.1, 0.15) is 22.6 Å². The lowest BCUT2D eigenvalue weighted by Gasteiger charge is -2.07. The number of methoxy groups -OCH3 is 2. The summed E-state index contributed by atoms with van der Waals surface area (Å²) in [5, 5.41) is 22.8. The van der Waals surface area contributed by atoms with Crippen LogP contribution >= 0.6 is 11.3 Å². The zero-order valence-corrected chi connectivity index (χ0v) is 15.9. The maximum absolute atomic E-state index is 11.0. The number of nitriles is 1. The standard InChI is InChI=1S/C20H15N3O4S/c1-26-17-7-6-14(19(10-17)27-2)8-15(11-21)20-22-18(12-28-20)13-4-3-5-16(9-13)23(24)25/h3-10,12H,1-2H3/b15-8+. The topological polar surface area (TPSA) is 98.3 Å². The van der Waals surface area contributed by atoms with E-state index in [0.29, 0.717) is 38.9 Å². The zero-order valence-electron chi connectivity index (χ0n) is 15.1. The minimum Gasteiger partial charge on any atom is -0.497 e. The Morgan fingerprint density at radius 3 is 2.75 bits per heavy atom. The molecule has 0 N–H and O–H groups in total. The van der Waals surface area contributed by atoms with Gasteiger partial charge in [0.25, 0.3) is 5.69 Å². The third kappa shape index (κ3) is 4.00. The summed E-state index contributed by atoms with van der Waals surface area (Å²) in [6, 6.07) is 13.7. The monoisotopic (exact) mass is 393 g/mol. The quantitative estimate of drug-likeness (QED) is 0.339. The number of hydrogen-bond acceptors (Lipinski definition) is 7. The molecule has 0 aliphatic heterocycles. The molecule has 8 heteroatoms. The highest BCUT2D eigenvalue weighted by Gasteiger charge is 2.13. The first-order valence-corrected chi connectivity index (χ1v) is 8.98. The maximum atomic E-state index is 11.0. The first-order valence-electron chi connectivity index (χ1n) is 8.10. The molecule has 0 spiro atoms. The average Bonchev–Trinajstić information content (AvgIpc) is 3.22. The molecule has 2 aromatic carbocycles. The van der Waals surface area contributed by atoms with E-state index in [4.69, 9.17) is 9.47 Å². The van der Waals surface area contributed by atoms with E-state index in [2.05, 4.69) is 11.1 Å². The van der Waals surface area contributed by atoms with E-state index in [1.807, 2.05) is 0 Å². The minimum atomic E-state index is -0.451. The Bertz CT molecular complexity index is 1100. The van der Waals surface area contributed by atoms with E-state index in [1.165, 1.54) is 23.5 Å². The molecule has 0 bridgehead atoms. The van der Waals surface area contributed by atoms with Crippen molar-refractivity contribution in [1.82, 2.24) is 4.98 Å². The molecular formula is C20H15N3O4S. The molecule has 1 heterocycles. The van der Waals surface area contributed by atoms with E-state index in [0.717, 1.165) is 0 Å². The van der Waals surface area contributed by atoms with Crippen LogP contribution in [0.4, 0.5) is 5.69 Å². The smallest absolute Gasteiger partial charge is 0.270 e. The van der Waals surface area contributed by atoms with Gasteiger partial charge in [-0.15, -0.1) is 11.3 Å². The summed E-state index contributed by atoms with van der Waals surface area (Å²) in [4.78, 5) is 15.0. The summed E-state index contributed by atoms with van der Waals surface area (Å²) in [5.74, 6) is 1.22. The van der Waals surface area contributed by atoms with E-state index in [-0.39, 0.29) is 5.69 Å². The van der Waals surface area contributed by atoms with E-state index in [9.17, 15) is 15.4 Å². The summed E-state index contributed by atoms with van der Waals surface area (Å²) in [6.07, 6.45) is 1.69. The van der Waals surface area contributed by atoms with Gasteiger partial charge in [0.05, 0.1) is 30.4 Å². The number of nitrogens with zero attached hydrogens (tertiary/aromatic N) is 3. The third-order valence-electron chi connectivity index (χ3n) is 3.95. The van der Waals surface area contributed by atoms with Gasteiger partial charge in [0, 0.05) is 34.7 Å².